The predicted molar refractivity (Wildman–Crippen MR) is 132 cm³/mol. The van der Waals surface area contributed by atoms with Crippen molar-refractivity contribution in [1.29, 1.82) is 0 Å². The molecule has 0 saturated carbocycles. The number of H-pyrrole nitrogens is 1. The molecule has 2 N–H and O–H groups in total. The third-order valence-corrected chi connectivity index (χ3v) is 6.10. The Morgan fingerprint density at radius 1 is 1.00 bits per heavy atom. The van der Waals surface area contributed by atoms with E-state index in [1.165, 1.54) is 25.1 Å². The zero-order valence-corrected chi connectivity index (χ0v) is 19.9. The molecule has 0 aliphatic rings. The first-order valence-corrected chi connectivity index (χ1v) is 11.3. The number of nitrogens with one attached hydrogen (secondary N) is 2. The monoisotopic (exact) mass is 507 g/mol. The van der Waals surface area contributed by atoms with Crippen LogP contribution in [0.1, 0.15) is 29.7 Å². The van der Waals surface area contributed by atoms with Crippen molar-refractivity contribution < 1.29 is 22.1 Å². The summed E-state index contributed by atoms with van der Waals surface area (Å²) >= 11 is 0. The molecule has 0 unspecified atom stereocenters. The Bertz CT molecular complexity index is 1790. The number of fused-ring (bicyclic) bond motifs is 1. The Morgan fingerprint density at radius 3 is 2.49 bits per heavy atom. The molecule has 0 amide bonds. The number of aromatic nitrogens is 2. The van der Waals surface area contributed by atoms with Crippen LogP contribution >= 0.6 is 0 Å². The summed E-state index contributed by atoms with van der Waals surface area (Å²) in [5, 5.41) is 7.05. The molecule has 0 fully saturated rings. The quantitative estimate of drug-likeness (QED) is 0.302. The van der Waals surface area contributed by atoms with Crippen LogP contribution in [-0.2, 0) is 0 Å². The summed E-state index contributed by atoms with van der Waals surface area (Å²) in [6, 6.07) is 10.2. The van der Waals surface area contributed by atoms with E-state index in [1.54, 1.807) is 25.1 Å². The number of hydrogen-bond acceptors (Lipinski definition) is 6. The lowest BCUT2D eigenvalue weighted by Crippen LogP contribution is -2.13. The highest BCUT2D eigenvalue weighted by Gasteiger charge is 2.22. The highest BCUT2D eigenvalue weighted by atomic mass is 19.1. The molecular weight excluding hydrogens is 487 g/mol. The standard InChI is InChI=1S/C27H20F3N3O4/c1-12-9-17(14(3)31-21-6-4-5-19(29)22(21)26-32-27(35)37-33-26)25-18(10-12)23(34)13(2)24(36-25)16-8-7-15(28)11-20(16)30/h4-11,14,31H,1-3H3,(H,32,33,35)/t14-/m1/s1. The molecule has 188 valence electrons. The fourth-order valence-corrected chi connectivity index (χ4v) is 4.35. The Hall–Kier alpha value is -4.60. The number of rotatable bonds is 5. The van der Waals surface area contributed by atoms with Crippen molar-refractivity contribution in [3.8, 4) is 22.7 Å². The summed E-state index contributed by atoms with van der Waals surface area (Å²) < 4.78 is 53.5. The molecule has 0 aliphatic carbocycles. The summed E-state index contributed by atoms with van der Waals surface area (Å²) in [5.74, 6) is -3.21. The first kappa shape index (κ1) is 24.1. The molecule has 37 heavy (non-hydrogen) atoms. The van der Waals surface area contributed by atoms with Crippen LogP contribution in [0.2, 0.25) is 0 Å². The number of aryl methyl sites for hydroxylation is 1. The van der Waals surface area contributed by atoms with E-state index in [4.69, 9.17) is 4.42 Å². The van der Waals surface area contributed by atoms with Crippen molar-refractivity contribution in [1.82, 2.24) is 10.1 Å². The number of nitrogens with zero attached hydrogens (tertiary/aromatic N) is 1. The van der Waals surface area contributed by atoms with Crippen molar-refractivity contribution >= 4 is 16.7 Å². The van der Waals surface area contributed by atoms with Crippen molar-refractivity contribution in [2.24, 2.45) is 0 Å². The molecule has 1 atom stereocenters. The lowest BCUT2D eigenvalue weighted by atomic mass is 9.98. The van der Waals surface area contributed by atoms with E-state index in [0.29, 0.717) is 11.3 Å². The van der Waals surface area contributed by atoms with Gasteiger partial charge in [-0.05, 0) is 56.7 Å². The summed E-state index contributed by atoms with van der Waals surface area (Å²) in [5.41, 5.74) is 1.57. The van der Waals surface area contributed by atoms with E-state index in [1.807, 2.05) is 6.92 Å². The van der Waals surface area contributed by atoms with Crippen molar-refractivity contribution in [2.75, 3.05) is 5.32 Å². The Labute approximate surface area is 207 Å². The van der Waals surface area contributed by atoms with Crippen LogP contribution < -0.4 is 16.5 Å². The van der Waals surface area contributed by atoms with E-state index in [-0.39, 0.29) is 44.7 Å². The molecule has 0 saturated heterocycles. The second-order valence-electron chi connectivity index (χ2n) is 8.71. The van der Waals surface area contributed by atoms with Gasteiger partial charge in [-0.2, -0.15) is 0 Å². The minimum Gasteiger partial charge on any atom is -0.455 e. The molecule has 2 heterocycles. The fraction of sp³-hybridized carbons (Fsp3) is 0.148. The smallest absolute Gasteiger partial charge is 0.439 e. The van der Waals surface area contributed by atoms with E-state index in [0.717, 1.165) is 17.7 Å². The van der Waals surface area contributed by atoms with Gasteiger partial charge >= 0.3 is 5.76 Å². The van der Waals surface area contributed by atoms with Crippen LogP contribution in [0, 0.1) is 31.3 Å². The van der Waals surface area contributed by atoms with Crippen molar-refractivity contribution in [3.05, 3.63) is 103 Å². The third-order valence-electron chi connectivity index (χ3n) is 6.10. The van der Waals surface area contributed by atoms with Gasteiger partial charge in [-0.3, -0.25) is 14.3 Å². The van der Waals surface area contributed by atoms with Crippen LogP contribution in [0.3, 0.4) is 0 Å². The zero-order valence-electron chi connectivity index (χ0n) is 19.9. The number of aromatic amines is 1. The maximum Gasteiger partial charge on any atom is 0.439 e. The van der Waals surface area contributed by atoms with Crippen molar-refractivity contribution in [3.63, 3.8) is 0 Å². The topological polar surface area (TPSA) is 101 Å². The highest BCUT2D eigenvalue weighted by molar-refractivity contribution is 5.85. The molecule has 7 nitrogen and oxygen atoms in total. The second-order valence-corrected chi connectivity index (χ2v) is 8.71. The molecule has 2 aromatic heterocycles. The average Bonchev–Trinajstić information content (AvgIpc) is 3.27. The molecule has 0 radical (unpaired) electrons. The van der Waals surface area contributed by atoms with E-state index >= 15 is 0 Å². The van der Waals surface area contributed by atoms with Crippen LogP contribution in [0.5, 0.6) is 0 Å². The summed E-state index contributed by atoms with van der Waals surface area (Å²) in [6.45, 7) is 5.10. The van der Waals surface area contributed by atoms with E-state index in [2.05, 4.69) is 20.0 Å². The number of benzene rings is 3. The molecule has 0 aliphatic heterocycles. The van der Waals surface area contributed by atoms with Gasteiger partial charge < -0.3 is 9.73 Å². The summed E-state index contributed by atoms with van der Waals surface area (Å²) in [7, 11) is 0. The number of hydrogen-bond donors (Lipinski definition) is 2. The van der Waals surface area contributed by atoms with E-state index in [9.17, 15) is 22.8 Å². The second kappa shape index (κ2) is 9.12. The van der Waals surface area contributed by atoms with Gasteiger partial charge in [0, 0.05) is 22.9 Å². The van der Waals surface area contributed by atoms with Gasteiger partial charge in [0.2, 0.25) is 0 Å². The molecule has 0 bridgehead atoms. The summed E-state index contributed by atoms with van der Waals surface area (Å²) in [6.07, 6.45) is 0. The van der Waals surface area contributed by atoms with Gasteiger partial charge in [0.05, 0.1) is 22.6 Å². The van der Waals surface area contributed by atoms with Crippen LogP contribution in [0.4, 0.5) is 18.9 Å². The molecule has 5 rings (SSSR count). The maximum atomic E-state index is 14.8. The Balaban J connectivity index is 1.67. The van der Waals surface area contributed by atoms with Gasteiger partial charge in [0.25, 0.3) is 0 Å². The van der Waals surface area contributed by atoms with Gasteiger partial charge in [-0.15, -0.1) is 0 Å². The largest absolute Gasteiger partial charge is 0.455 e. The average molecular weight is 507 g/mol. The van der Waals surface area contributed by atoms with Crippen LogP contribution in [0.15, 0.2) is 67.1 Å². The van der Waals surface area contributed by atoms with Gasteiger partial charge in [0.15, 0.2) is 11.3 Å². The maximum absolute atomic E-state index is 14.8. The third kappa shape index (κ3) is 4.31. The van der Waals surface area contributed by atoms with Gasteiger partial charge in [0.1, 0.15) is 28.8 Å². The Morgan fingerprint density at radius 2 is 1.78 bits per heavy atom. The van der Waals surface area contributed by atoms with Gasteiger partial charge in [-0.1, -0.05) is 17.3 Å². The fourth-order valence-electron chi connectivity index (χ4n) is 4.35. The number of halogens is 3. The lowest BCUT2D eigenvalue weighted by Gasteiger charge is -2.20. The molecule has 3 aromatic carbocycles. The Kier molecular flexibility index (Phi) is 5.94. The minimum atomic E-state index is -0.864. The highest BCUT2D eigenvalue weighted by Crippen LogP contribution is 2.35. The first-order valence-electron chi connectivity index (χ1n) is 11.3. The zero-order chi connectivity index (χ0) is 26.4. The van der Waals surface area contributed by atoms with Crippen LogP contribution in [0.25, 0.3) is 33.7 Å². The van der Waals surface area contributed by atoms with E-state index < -0.39 is 29.2 Å². The van der Waals surface area contributed by atoms with Crippen molar-refractivity contribution in [2.45, 2.75) is 26.8 Å². The molecular formula is C27H20F3N3O4. The van der Waals surface area contributed by atoms with Gasteiger partial charge in [-0.25, -0.2) is 18.0 Å². The first-order chi connectivity index (χ1) is 17.6. The van der Waals surface area contributed by atoms with Crippen LogP contribution in [-0.4, -0.2) is 10.1 Å². The minimum absolute atomic E-state index is 0.0106. The normalized spacial score (nSPS) is 12.2. The molecule has 5 aromatic rings. The molecule has 0 spiro atoms. The lowest BCUT2D eigenvalue weighted by molar-refractivity contribution is 0.387. The number of anilines is 1. The predicted octanol–water partition coefficient (Wildman–Crippen LogP) is 6.01. The SMILES string of the molecule is Cc1cc([C@@H](C)Nc2cccc(F)c2-c2noc(=O)[nH]2)c2oc(-c3ccc(F)cc3F)c(C)c(=O)c2c1. The molecule has 10 heteroatoms. The summed E-state index contributed by atoms with van der Waals surface area (Å²) in [4.78, 5) is 27.1.